The fourth-order valence-corrected chi connectivity index (χ4v) is 2.30. The van der Waals surface area contributed by atoms with Gasteiger partial charge in [0.05, 0.1) is 5.39 Å². The Morgan fingerprint density at radius 1 is 1.05 bits per heavy atom. The summed E-state index contributed by atoms with van der Waals surface area (Å²) in [6.45, 7) is 0. The molecule has 6 heteroatoms. The Labute approximate surface area is 112 Å². The van der Waals surface area contributed by atoms with Crippen LogP contribution in [0.5, 0.6) is 0 Å². The van der Waals surface area contributed by atoms with Gasteiger partial charge < -0.3 is 4.42 Å². The van der Waals surface area contributed by atoms with Crippen LogP contribution in [0.3, 0.4) is 0 Å². The van der Waals surface area contributed by atoms with Crippen LogP contribution in [0.1, 0.15) is 0 Å². The zero-order valence-corrected chi connectivity index (χ0v) is 10.2. The van der Waals surface area contributed by atoms with Gasteiger partial charge in [0.2, 0.25) is 11.3 Å². The van der Waals surface area contributed by atoms with E-state index in [9.17, 15) is 4.79 Å². The predicted molar refractivity (Wildman–Crippen MR) is 73.2 cm³/mol. The second kappa shape index (κ2) is 3.99. The lowest BCUT2D eigenvalue weighted by atomic mass is 10.1. The van der Waals surface area contributed by atoms with Gasteiger partial charge in [-0.15, -0.1) is 10.2 Å². The summed E-state index contributed by atoms with van der Waals surface area (Å²) in [6, 6.07) is 11.4. The molecule has 0 bridgehead atoms. The third-order valence-corrected chi connectivity index (χ3v) is 3.25. The average Bonchev–Trinajstić information content (AvgIpc) is 3.01. The Morgan fingerprint density at radius 3 is 2.80 bits per heavy atom. The van der Waals surface area contributed by atoms with Gasteiger partial charge in [-0.25, -0.2) is 0 Å². The molecule has 2 aromatic carbocycles. The fraction of sp³-hybridized carbons (Fsp3) is 0. The number of benzene rings is 2. The molecule has 0 fully saturated rings. The van der Waals surface area contributed by atoms with Crippen molar-refractivity contribution in [2.45, 2.75) is 0 Å². The van der Waals surface area contributed by atoms with Crippen LogP contribution in [0.15, 0.2) is 51.9 Å². The molecule has 0 amide bonds. The number of aromatic amines is 1. The molecule has 0 aliphatic rings. The molecule has 96 valence electrons. The van der Waals surface area contributed by atoms with Gasteiger partial charge in [-0.1, -0.05) is 30.3 Å². The molecule has 2 aromatic heterocycles. The topological polar surface area (TPSA) is 84.7 Å². The largest absolute Gasteiger partial charge is 0.463 e. The van der Waals surface area contributed by atoms with E-state index in [1.165, 1.54) is 6.26 Å². The minimum Gasteiger partial charge on any atom is -0.463 e. The summed E-state index contributed by atoms with van der Waals surface area (Å²) in [6.07, 6.45) is 1.38. The maximum Gasteiger partial charge on any atom is 0.211 e. The molecule has 0 atom stereocenters. The number of aromatic nitrogens is 4. The molecule has 2 heterocycles. The lowest BCUT2D eigenvalue weighted by molar-refractivity contribution is 0.607. The molecular formula is C14H8N4O2. The number of rotatable bonds is 1. The normalized spacial score (nSPS) is 11.2. The van der Waals surface area contributed by atoms with Gasteiger partial charge in [-0.3, -0.25) is 4.79 Å². The Balaban J connectivity index is 2.13. The summed E-state index contributed by atoms with van der Waals surface area (Å²) in [4.78, 5) is 12.5. The van der Waals surface area contributed by atoms with E-state index in [2.05, 4.69) is 20.6 Å². The fourth-order valence-electron chi connectivity index (χ4n) is 2.30. The van der Waals surface area contributed by atoms with Gasteiger partial charge in [0.1, 0.15) is 17.4 Å². The van der Waals surface area contributed by atoms with E-state index in [-0.39, 0.29) is 11.3 Å². The molecule has 20 heavy (non-hydrogen) atoms. The molecule has 0 saturated heterocycles. The van der Waals surface area contributed by atoms with Crippen LogP contribution in [0, 0.1) is 0 Å². The zero-order valence-electron chi connectivity index (χ0n) is 10.2. The van der Waals surface area contributed by atoms with Crippen molar-refractivity contribution in [2.24, 2.45) is 0 Å². The summed E-state index contributed by atoms with van der Waals surface area (Å²) >= 11 is 0. The molecular weight excluding hydrogens is 256 g/mol. The first kappa shape index (κ1) is 10.9. The van der Waals surface area contributed by atoms with E-state index in [0.717, 1.165) is 10.8 Å². The summed E-state index contributed by atoms with van der Waals surface area (Å²) in [5.41, 5.74) is 0.695. The molecule has 6 nitrogen and oxygen atoms in total. The standard InChI is InChI=1S/C14H8N4O2/c19-12-10-6-5-8-3-1-2-4-9(8)13(10)20-7-11(12)14-15-17-18-16-14/h1-7H,(H,15,16,17,18). The van der Waals surface area contributed by atoms with Gasteiger partial charge >= 0.3 is 0 Å². The van der Waals surface area contributed by atoms with Gasteiger partial charge in [0.25, 0.3) is 0 Å². The van der Waals surface area contributed by atoms with Crippen molar-refractivity contribution in [1.82, 2.24) is 20.6 Å². The molecule has 0 unspecified atom stereocenters. The van der Waals surface area contributed by atoms with Gasteiger partial charge in [-0.05, 0) is 16.7 Å². The Morgan fingerprint density at radius 2 is 1.95 bits per heavy atom. The molecule has 1 N–H and O–H groups in total. The first-order valence-electron chi connectivity index (χ1n) is 6.02. The quantitative estimate of drug-likeness (QED) is 0.532. The summed E-state index contributed by atoms with van der Waals surface area (Å²) in [7, 11) is 0. The Kier molecular flexibility index (Phi) is 2.17. The molecule has 0 radical (unpaired) electrons. The molecule has 0 saturated carbocycles. The van der Waals surface area contributed by atoms with Crippen LogP contribution in [-0.4, -0.2) is 20.6 Å². The van der Waals surface area contributed by atoms with Gasteiger partial charge in [-0.2, -0.15) is 5.21 Å². The first-order chi connectivity index (χ1) is 9.84. The average molecular weight is 264 g/mol. The van der Waals surface area contributed by atoms with E-state index >= 15 is 0 Å². The summed E-state index contributed by atoms with van der Waals surface area (Å²) in [5.74, 6) is 0.230. The highest BCUT2D eigenvalue weighted by Gasteiger charge is 2.13. The second-order valence-corrected chi connectivity index (χ2v) is 4.38. The third kappa shape index (κ3) is 1.45. The van der Waals surface area contributed by atoms with E-state index in [0.29, 0.717) is 16.5 Å². The Hall–Kier alpha value is -3.02. The van der Waals surface area contributed by atoms with Crippen LogP contribution in [0.25, 0.3) is 33.1 Å². The van der Waals surface area contributed by atoms with Crippen LogP contribution >= 0.6 is 0 Å². The minimum atomic E-state index is -0.168. The number of nitrogens with zero attached hydrogens (tertiary/aromatic N) is 3. The highest BCUT2D eigenvalue weighted by atomic mass is 16.3. The van der Waals surface area contributed by atoms with Crippen LogP contribution in [0.4, 0.5) is 0 Å². The lowest BCUT2D eigenvalue weighted by Gasteiger charge is -2.03. The highest BCUT2D eigenvalue weighted by molar-refractivity contribution is 6.04. The van der Waals surface area contributed by atoms with Crippen molar-refractivity contribution in [3.05, 3.63) is 52.9 Å². The zero-order chi connectivity index (χ0) is 13.5. The van der Waals surface area contributed by atoms with Crippen molar-refractivity contribution < 1.29 is 4.42 Å². The third-order valence-electron chi connectivity index (χ3n) is 3.25. The maximum atomic E-state index is 12.5. The number of hydrogen-bond donors (Lipinski definition) is 1. The molecule has 0 spiro atoms. The van der Waals surface area contributed by atoms with Gasteiger partial charge in [0.15, 0.2) is 0 Å². The van der Waals surface area contributed by atoms with Crippen LogP contribution in [0.2, 0.25) is 0 Å². The van der Waals surface area contributed by atoms with Crippen molar-refractivity contribution in [3.63, 3.8) is 0 Å². The maximum absolute atomic E-state index is 12.5. The van der Waals surface area contributed by atoms with Crippen molar-refractivity contribution in [2.75, 3.05) is 0 Å². The van der Waals surface area contributed by atoms with E-state index in [1.807, 2.05) is 30.3 Å². The number of tetrazole rings is 1. The molecule has 4 aromatic rings. The van der Waals surface area contributed by atoms with Crippen molar-refractivity contribution in [3.8, 4) is 11.4 Å². The molecule has 0 aliphatic carbocycles. The van der Waals surface area contributed by atoms with Gasteiger partial charge in [0, 0.05) is 5.39 Å². The number of H-pyrrole nitrogens is 1. The van der Waals surface area contributed by atoms with E-state index in [1.54, 1.807) is 6.07 Å². The number of hydrogen-bond acceptors (Lipinski definition) is 5. The van der Waals surface area contributed by atoms with Crippen molar-refractivity contribution >= 4 is 21.7 Å². The van der Waals surface area contributed by atoms with E-state index in [4.69, 9.17) is 4.42 Å². The number of nitrogens with one attached hydrogen (secondary N) is 1. The minimum absolute atomic E-state index is 0.168. The van der Waals surface area contributed by atoms with E-state index < -0.39 is 0 Å². The molecule has 0 aliphatic heterocycles. The summed E-state index contributed by atoms with van der Waals surface area (Å²) in [5, 5.41) is 15.8. The Bertz CT molecular complexity index is 973. The van der Waals surface area contributed by atoms with Crippen LogP contribution in [-0.2, 0) is 0 Å². The first-order valence-corrected chi connectivity index (χ1v) is 6.02. The SMILES string of the molecule is O=c1c(-c2nn[nH]n2)coc2c1ccc1ccccc12. The second-order valence-electron chi connectivity index (χ2n) is 4.38. The monoisotopic (exact) mass is 264 g/mol. The molecule has 4 rings (SSSR count). The predicted octanol–water partition coefficient (Wildman–Crippen LogP) is 2.13. The lowest BCUT2D eigenvalue weighted by Crippen LogP contribution is -2.05. The smallest absolute Gasteiger partial charge is 0.211 e. The van der Waals surface area contributed by atoms with Crippen LogP contribution < -0.4 is 5.43 Å². The summed E-state index contributed by atoms with van der Waals surface area (Å²) < 4.78 is 5.64. The highest BCUT2D eigenvalue weighted by Crippen LogP contribution is 2.24. The number of fused-ring (bicyclic) bond motifs is 3. The van der Waals surface area contributed by atoms with Crippen molar-refractivity contribution in [1.29, 1.82) is 0 Å².